The van der Waals surface area contributed by atoms with Gasteiger partial charge in [0.05, 0.1) is 0 Å². The summed E-state index contributed by atoms with van der Waals surface area (Å²) in [5, 5.41) is 0. The number of nitrogens with zero attached hydrogens (tertiary/aromatic N) is 1. The van der Waals surface area contributed by atoms with Gasteiger partial charge in [0.2, 0.25) is 0 Å². The van der Waals surface area contributed by atoms with E-state index in [0.29, 0.717) is 0 Å². The van der Waals surface area contributed by atoms with Crippen LogP contribution in [0.4, 0.5) is 0 Å². The SMILES string of the molecule is CCCCC(NN)c1cncc(Br)c1. The summed E-state index contributed by atoms with van der Waals surface area (Å²) in [6.45, 7) is 2.17. The third-order valence-corrected chi connectivity index (χ3v) is 2.61. The highest BCUT2D eigenvalue weighted by molar-refractivity contribution is 9.10. The molecule has 0 amide bonds. The van der Waals surface area contributed by atoms with Gasteiger partial charge in [-0.3, -0.25) is 16.3 Å². The zero-order chi connectivity index (χ0) is 10.4. The summed E-state index contributed by atoms with van der Waals surface area (Å²) in [5.41, 5.74) is 3.95. The first-order chi connectivity index (χ1) is 6.77. The fourth-order valence-corrected chi connectivity index (χ4v) is 1.76. The fourth-order valence-electron chi connectivity index (χ4n) is 1.37. The predicted molar refractivity (Wildman–Crippen MR) is 61.5 cm³/mol. The molecule has 0 fully saturated rings. The molecule has 3 nitrogen and oxygen atoms in total. The summed E-state index contributed by atoms with van der Waals surface area (Å²) in [6, 6.07) is 2.26. The molecular formula is C10H16BrN3. The molecule has 0 bridgehead atoms. The minimum atomic E-state index is 0.208. The molecule has 1 rings (SSSR count). The number of halogens is 1. The van der Waals surface area contributed by atoms with Gasteiger partial charge in [-0.05, 0) is 34.0 Å². The smallest absolute Gasteiger partial charge is 0.0475 e. The van der Waals surface area contributed by atoms with E-state index < -0.39 is 0 Å². The molecule has 3 N–H and O–H groups in total. The van der Waals surface area contributed by atoms with Gasteiger partial charge in [-0.15, -0.1) is 0 Å². The van der Waals surface area contributed by atoms with Crippen LogP contribution in [0.5, 0.6) is 0 Å². The second kappa shape index (κ2) is 6.11. The highest BCUT2D eigenvalue weighted by atomic mass is 79.9. The minimum Gasteiger partial charge on any atom is -0.271 e. The van der Waals surface area contributed by atoms with E-state index in [1.165, 1.54) is 12.8 Å². The van der Waals surface area contributed by atoms with Crippen LogP contribution in [0.15, 0.2) is 22.9 Å². The van der Waals surface area contributed by atoms with Crippen molar-refractivity contribution in [2.75, 3.05) is 0 Å². The first-order valence-electron chi connectivity index (χ1n) is 4.84. The van der Waals surface area contributed by atoms with E-state index in [-0.39, 0.29) is 6.04 Å². The molecule has 0 aliphatic heterocycles. The molecule has 0 aliphatic carbocycles. The molecule has 1 unspecified atom stereocenters. The van der Waals surface area contributed by atoms with Crippen molar-refractivity contribution >= 4 is 15.9 Å². The highest BCUT2D eigenvalue weighted by Crippen LogP contribution is 2.20. The lowest BCUT2D eigenvalue weighted by atomic mass is 10.0. The molecule has 1 atom stereocenters. The second-order valence-corrected chi connectivity index (χ2v) is 4.21. The topological polar surface area (TPSA) is 50.9 Å². The van der Waals surface area contributed by atoms with Crippen molar-refractivity contribution in [3.05, 3.63) is 28.5 Å². The van der Waals surface area contributed by atoms with E-state index in [1.807, 2.05) is 12.3 Å². The third kappa shape index (κ3) is 3.36. The summed E-state index contributed by atoms with van der Waals surface area (Å²) in [4.78, 5) is 4.12. The fraction of sp³-hybridized carbons (Fsp3) is 0.500. The lowest BCUT2D eigenvalue weighted by molar-refractivity contribution is 0.494. The quantitative estimate of drug-likeness (QED) is 0.630. The Morgan fingerprint density at radius 3 is 2.93 bits per heavy atom. The van der Waals surface area contributed by atoms with Crippen LogP contribution in [0.3, 0.4) is 0 Å². The van der Waals surface area contributed by atoms with E-state index in [9.17, 15) is 0 Å². The lowest BCUT2D eigenvalue weighted by Gasteiger charge is -2.15. The summed E-state index contributed by atoms with van der Waals surface area (Å²) in [5.74, 6) is 5.50. The Balaban J connectivity index is 2.68. The molecule has 4 heteroatoms. The van der Waals surface area contributed by atoms with Gasteiger partial charge in [-0.1, -0.05) is 19.8 Å². The van der Waals surface area contributed by atoms with Gasteiger partial charge in [0.1, 0.15) is 0 Å². The molecule has 0 spiro atoms. The Morgan fingerprint density at radius 1 is 1.57 bits per heavy atom. The van der Waals surface area contributed by atoms with E-state index in [1.54, 1.807) is 6.20 Å². The maximum atomic E-state index is 5.50. The Morgan fingerprint density at radius 2 is 2.36 bits per heavy atom. The number of nitrogens with two attached hydrogens (primary N) is 1. The summed E-state index contributed by atoms with van der Waals surface area (Å²) < 4.78 is 0.992. The standard InChI is InChI=1S/C10H16BrN3/c1-2-3-4-10(14-12)8-5-9(11)7-13-6-8/h5-7,10,14H,2-4,12H2,1H3. The van der Waals surface area contributed by atoms with Crippen LogP contribution in [-0.4, -0.2) is 4.98 Å². The van der Waals surface area contributed by atoms with Crippen LogP contribution in [-0.2, 0) is 0 Å². The van der Waals surface area contributed by atoms with Crippen LogP contribution in [0.2, 0.25) is 0 Å². The van der Waals surface area contributed by atoms with Gasteiger partial charge in [-0.25, -0.2) is 0 Å². The van der Waals surface area contributed by atoms with Crippen LogP contribution in [0.25, 0.3) is 0 Å². The number of hydrogen-bond donors (Lipinski definition) is 2. The molecule has 1 aromatic heterocycles. The maximum absolute atomic E-state index is 5.50. The van der Waals surface area contributed by atoms with Crippen LogP contribution >= 0.6 is 15.9 Å². The average Bonchev–Trinajstić information content (AvgIpc) is 2.19. The number of hydrogen-bond acceptors (Lipinski definition) is 3. The van der Waals surface area contributed by atoms with E-state index in [2.05, 4.69) is 33.3 Å². The number of hydrazine groups is 1. The summed E-state index contributed by atoms with van der Waals surface area (Å²) in [6.07, 6.45) is 7.02. The zero-order valence-corrected chi connectivity index (χ0v) is 9.92. The number of nitrogens with one attached hydrogen (secondary N) is 1. The van der Waals surface area contributed by atoms with Crippen molar-refractivity contribution in [2.45, 2.75) is 32.2 Å². The molecule has 0 radical (unpaired) electrons. The van der Waals surface area contributed by atoms with Gasteiger partial charge in [0.25, 0.3) is 0 Å². The number of aromatic nitrogens is 1. The normalized spacial score (nSPS) is 12.8. The molecule has 78 valence electrons. The second-order valence-electron chi connectivity index (χ2n) is 3.30. The predicted octanol–water partition coefficient (Wildman–Crippen LogP) is 2.54. The Labute approximate surface area is 93.2 Å². The Hall–Kier alpha value is -0.450. The van der Waals surface area contributed by atoms with Crippen LogP contribution in [0.1, 0.15) is 37.8 Å². The molecule has 0 aliphatic rings. The van der Waals surface area contributed by atoms with Crippen molar-refractivity contribution < 1.29 is 0 Å². The highest BCUT2D eigenvalue weighted by Gasteiger charge is 2.09. The maximum Gasteiger partial charge on any atom is 0.0475 e. The molecular weight excluding hydrogens is 242 g/mol. The number of pyridine rings is 1. The Kier molecular flexibility index (Phi) is 5.07. The minimum absolute atomic E-state index is 0.208. The largest absolute Gasteiger partial charge is 0.271 e. The first kappa shape index (κ1) is 11.6. The Bertz CT molecular complexity index is 278. The lowest BCUT2D eigenvalue weighted by Crippen LogP contribution is -2.28. The molecule has 0 saturated carbocycles. The van der Waals surface area contributed by atoms with Gasteiger partial charge >= 0.3 is 0 Å². The van der Waals surface area contributed by atoms with Crippen molar-refractivity contribution in [1.29, 1.82) is 0 Å². The number of rotatable bonds is 5. The van der Waals surface area contributed by atoms with Crippen LogP contribution < -0.4 is 11.3 Å². The molecule has 0 saturated heterocycles. The van der Waals surface area contributed by atoms with Crippen molar-refractivity contribution in [2.24, 2.45) is 5.84 Å². The molecule has 1 heterocycles. The van der Waals surface area contributed by atoms with E-state index in [0.717, 1.165) is 16.5 Å². The van der Waals surface area contributed by atoms with Gasteiger partial charge < -0.3 is 0 Å². The zero-order valence-electron chi connectivity index (χ0n) is 8.33. The summed E-state index contributed by atoms with van der Waals surface area (Å²) >= 11 is 3.40. The van der Waals surface area contributed by atoms with Gasteiger partial charge in [0.15, 0.2) is 0 Å². The first-order valence-corrected chi connectivity index (χ1v) is 5.63. The molecule has 1 aromatic rings. The number of unbranched alkanes of at least 4 members (excludes halogenated alkanes) is 1. The van der Waals surface area contributed by atoms with E-state index >= 15 is 0 Å². The molecule has 14 heavy (non-hydrogen) atoms. The van der Waals surface area contributed by atoms with Crippen molar-refractivity contribution in [1.82, 2.24) is 10.4 Å². The molecule has 0 aromatic carbocycles. The van der Waals surface area contributed by atoms with Crippen molar-refractivity contribution in [3.63, 3.8) is 0 Å². The summed E-state index contributed by atoms with van der Waals surface area (Å²) in [7, 11) is 0. The van der Waals surface area contributed by atoms with Crippen LogP contribution in [0, 0.1) is 0 Å². The van der Waals surface area contributed by atoms with Gasteiger partial charge in [0, 0.05) is 22.9 Å². The monoisotopic (exact) mass is 257 g/mol. The van der Waals surface area contributed by atoms with Gasteiger partial charge in [-0.2, -0.15) is 0 Å². The third-order valence-electron chi connectivity index (χ3n) is 2.18. The van der Waals surface area contributed by atoms with Crippen molar-refractivity contribution in [3.8, 4) is 0 Å². The average molecular weight is 258 g/mol. The van der Waals surface area contributed by atoms with E-state index in [4.69, 9.17) is 5.84 Å².